The lowest BCUT2D eigenvalue weighted by atomic mass is 9.88. The number of thiophene rings is 1. The lowest BCUT2D eigenvalue weighted by molar-refractivity contribution is -0.384. The predicted molar refractivity (Wildman–Crippen MR) is 107 cm³/mol. The summed E-state index contributed by atoms with van der Waals surface area (Å²) >= 11 is 1.41. The molecule has 0 saturated heterocycles. The lowest BCUT2D eigenvalue weighted by Gasteiger charge is -2.18. The van der Waals surface area contributed by atoms with Gasteiger partial charge in [0.25, 0.3) is 11.6 Å². The normalized spacial score (nSPS) is 15.8. The number of nitrogens with one attached hydrogen (secondary N) is 1. The molecule has 2 aromatic rings. The average Bonchev–Trinajstić information content (AvgIpc) is 2.98. The number of hydrogen-bond acceptors (Lipinski definition) is 6. The molecule has 0 radical (unpaired) electrons. The minimum Gasteiger partial charge on any atom is -0.459 e. The largest absolute Gasteiger partial charge is 0.459 e. The van der Waals surface area contributed by atoms with E-state index in [9.17, 15) is 19.7 Å². The number of anilines is 1. The quantitative estimate of drug-likeness (QED) is 0.448. The Morgan fingerprint density at radius 1 is 1.29 bits per heavy atom. The zero-order valence-corrected chi connectivity index (χ0v) is 16.8. The number of carbonyl (C=O) groups excluding carboxylic acids is 2. The smallest absolute Gasteiger partial charge is 0.341 e. The first kappa shape index (κ1) is 20.0. The first-order valence-corrected chi connectivity index (χ1v) is 9.99. The second-order valence-electron chi connectivity index (χ2n) is 7.27. The third-order valence-electron chi connectivity index (χ3n) is 4.63. The van der Waals surface area contributed by atoms with Gasteiger partial charge in [0.2, 0.25) is 0 Å². The van der Waals surface area contributed by atoms with Crippen molar-refractivity contribution in [2.75, 3.05) is 5.32 Å². The summed E-state index contributed by atoms with van der Waals surface area (Å²) in [4.78, 5) is 36.7. The van der Waals surface area contributed by atoms with Crippen LogP contribution in [0.15, 0.2) is 24.3 Å². The van der Waals surface area contributed by atoms with Crippen LogP contribution in [-0.2, 0) is 17.6 Å². The molecule has 0 aliphatic heterocycles. The first-order chi connectivity index (χ1) is 13.3. The van der Waals surface area contributed by atoms with E-state index in [2.05, 4.69) is 12.2 Å². The number of fused-ring (bicyclic) bond motifs is 1. The minimum atomic E-state index is -0.518. The molecular weight excluding hydrogens is 380 g/mol. The SMILES string of the molecule is CC(C)OC(=O)c1c(NC(=O)c2ccc([N+](=O)[O-])cc2)sc2c1CC[C@@H](C)C2. The van der Waals surface area contributed by atoms with E-state index in [0.717, 1.165) is 29.7 Å². The van der Waals surface area contributed by atoms with Crippen LogP contribution in [-0.4, -0.2) is 22.9 Å². The molecule has 1 aliphatic rings. The van der Waals surface area contributed by atoms with Gasteiger partial charge in [0.05, 0.1) is 16.6 Å². The highest BCUT2D eigenvalue weighted by Crippen LogP contribution is 2.40. The summed E-state index contributed by atoms with van der Waals surface area (Å²) in [6.07, 6.45) is 2.38. The van der Waals surface area contributed by atoms with Gasteiger partial charge in [-0.05, 0) is 56.7 Å². The van der Waals surface area contributed by atoms with E-state index in [1.54, 1.807) is 13.8 Å². The number of nitro benzene ring substituents is 1. The monoisotopic (exact) mass is 402 g/mol. The number of benzene rings is 1. The summed E-state index contributed by atoms with van der Waals surface area (Å²) in [7, 11) is 0. The van der Waals surface area contributed by atoms with Crippen molar-refractivity contribution < 1.29 is 19.2 Å². The second-order valence-corrected chi connectivity index (χ2v) is 8.37. The van der Waals surface area contributed by atoms with E-state index in [1.165, 1.54) is 35.6 Å². The number of nitro groups is 1. The number of esters is 1. The zero-order valence-electron chi connectivity index (χ0n) is 16.0. The highest BCUT2D eigenvalue weighted by molar-refractivity contribution is 7.17. The Morgan fingerprint density at radius 3 is 2.57 bits per heavy atom. The molecule has 28 heavy (non-hydrogen) atoms. The maximum atomic E-state index is 12.7. The highest BCUT2D eigenvalue weighted by Gasteiger charge is 2.29. The van der Waals surface area contributed by atoms with Crippen molar-refractivity contribution in [2.45, 2.75) is 46.1 Å². The van der Waals surface area contributed by atoms with Gasteiger partial charge >= 0.3 is 5.97 Å². The van der Waals surface area contributed by atoms with Crippen molar-refractivity contribution in [3.05, 3.63) is 55.9 Å². The Hall–Kier alpha value is -2.74. The Morgan fingerprint density at radius 2 is 1.96 bits per heavy atom. The molecule has 8 heteroatoms. The topological polar surface area (TPSA) is 98.5 Å². The van der Waals surface area contributed by atoms with Crippen LogP contribution in [0.2, 0.25) is 0 Å². The number of amides is 1. The molecule has 1 aliphatic carbocycles. The van der Waals surface area contributed by atoms with Gasteiger partial charge in [-0.1, -0.05) is 6.92 Å². The van der Waals surface area contributed by atoms with Crippen LogP contribution >= 0.6 is 11.3 Å². The van der Waals surface area contributed by atoms with E-state index >= 15 is 0 Å². The highest BCUT2D eigenvalue weighted by atomic mass is 32.1. The van der Waals surface area contributed by atoms with Crippen molar-refractivity contribution in [3.63, 3.8) is 0 Å². The molecule has 148 valence electrons. The summed E-state index contributed by atoms with van der Waals surface area (Å²) in [6, 6.07) is 5.36. The number of non-ortho nitro benzene ring substituents is 1. The van der Waals surface area contributed by atoms with Crippen LogP contribution in [0.4, 0.5) is 10.7 Å². The van der Waals surface area contributed by atoms with E-state index < -0.39 is 16.8 Å². The van der Waals surface area contributed by atoms with Crippen LogP contribution < -0.4 is 5.32 Å². The van der Waals surface area contributed by atoms with Crippen molar-refractivity contribution in [1.82, 2.24) is 0 Å². The van der Waals surface area contributed by atoms with Gasteiger partial charge in [-0.25, -0.2) is 4.79 Å². The maximum absolute atomic E-state index is 12.7. The Bertz CT molecular complexity index is 917. The fourth-order valence-corrected chi connectivity index (χ4v) is 4.63. The molecule has 0 spiro atoms. The fraction of sp³-hybridized carbons (Fsp3) is 0.400. The van der Waals surface area contributed by atoms with E-state index in [4.69, 9.17) is 4.74 Å². The summed E-state index contributed by atoms with van der Waals surface area (Å²) in [6.45, 7) is 5.74. The molecule has 3 rings (SSSR count). The lowest BCUT2D eigenvalue weighted by Crippen LogP contribution is -2.18. The summed E-state index contributed by atoms with van der Waals surface area (Å²) < 4.78 is 5.40. The Balaban J connectivity index is 1.91. The Kier molecular flexibility index (Phi) is 5.79. The van der Waals surface area contributed by atoms with Crippen molar-refractivity contribution in [3.8, 4) is 0 Å². The van der Waals surface area contributed by atoms with Gasteiger partial charge in [-0.3, -0.25) is 14.9 Å². The van der Waals surface area contributed by atoms with Crippen LogP contribution in [0, 0.1) is 16.0 Å². The fourth-order valence-electron chi connectivity index (χ4n) is 3.24. The molecule has 0 unspecified atom stereocenters. The molecule has 0 saturated carbocycles. The molecule has 1 N–H and O–H groups in total. The van der Waals surface area contributed by atoms with Crippen LogP contribution in [0.3, 0.4) is 0 Å². The summed E-state index contributed by atoms with van der Waals surface area (Å²) in [5.41, 5.74) is 1.61. The molecule has 7 nitrogen and oxygen atoms in total. The third-order valence-corrected chi connectivity index (χ3v) is 5.80. The molecular formula is C20H22N2O5S. The standard InChI is InChI=1S/C20H22N2O5S/c1-11(2)27-20(24)17-15-9-4-12(3)10-16(15)28-19(17)21-18(23)13-5-7-14(8-6-13)22(25)26/h5-8,11-12H,4,9-10H2,1-3H3,(H,21,23)/t12-/m1/s1. The first-order valence-electron chi connectivity index (χ1n) is 9.17. The van der Waals surface area contributed by atoms with Crippen molar-refractivity contribution >= 4 is 33.9 Å². The predicted octanol–water partition coefficient (Wildman–Crippen LogP) is 4.60. The Labute approximate surface area is 166 Å². The van der Waals surface area contributed by atoms with E-state index in [1.807, 2.05) is 0 Å². The van der Waals surface area contributed by atoms with Crippen molar-refractivity contribution in [1.29, 1.82) is 0 Å². The molecule has 0 fully saturated rings. The number of hydrogen-bond donors (Lipinski definition) is 1. The molecule has 1 aromatic carbocycles. The van der Waals surface area contributed by atoms with Gasteiger partial charge in [-0.15, -0.1) is 11.3 Å². The van der Waals surface area contributed by atoms with E-state index in [-0.39, 0.29) is 17.4 Å². The van der Waals surface area contributed by atoms with Gasteiger partial charge < -0.3 is 10.1 Å². The van der Waals surface area contributed by atoms with Gasteiger partial charge in [0.15, 0.2) is 0 Å². The van der Waals surface area contributed by atoms with Crippen LogP contribution in [0.5, 0.6) is 0 Å². The minimum absolute atomic E-state index is 0.0849. The molecule has 1 amide bonds. The number of nitrogens with zero attached hydrogens (tertiary/aromatic N) is 1. The molecule has 1 heterocycles. The molecule has 0 bridgehead atoms. The number of rotatable bonds is 5. The zero-order chi connectivity index (χ0) is 20.4. The third kappa shape index (κ3) is 4.22. The van der Waals surface area contributed by atoms with Crippen LogP contribution in [0.25, 0.3) is 0 Å². The molecule has 1 aromatic heterocycles. The van der Waals surface area contributed by atoms with Gasteiger partial charge in [0.1, 0.15) is 5.00 Å². The summed E-state index contributed by atoms with van der Waals surface area (Å²) in [5.74, 6) is -0.320. The van der Waals surface area contributed by atoms with Crippen LogP contribution in [0.1, 0.15) is 58.3 Å². The maximum Gasteiger partial charge on any atom is 0.341 e. The van der Waals surface area contributed by atoms with Gasteiger partial charge in [0, 0.05) is 22.6 Å². The summed E-state index contributed by atoms with van der Waals surface area (Å²) in [5, 5.41) is 14.1. The molecule has 1 atom stereocenters. The number of carbonyl (C=O) groups is 2. The second kappa shape index (κ2) is 8.10. The van der Waals surface area contributed by atoms with Crippen molar-refractivity contribution in [2.24, 2.45) is 5.92 Å². The van der Waals surface area contributed by atoms with Gasteiger partial charge in [-0.2, -0.15) is 0 Å². The number of ether oxygens (including phenoxy) is 1. The van der Waals surface area contributed by atoms with E-state index in [0.29, 0.717) is 16.5 Å². The average molecular weight is 402 g/mol.